The SMILES string of the molecule is [B]c1cnc2c(N)nccn12. The molecule has 0 aliphatic carbocycles. The van der Waals surface area contributed by atoms with Crippen LogP contribution in [0.15, 0.2) is 18.6 Å². The van der Waals surface area contributed by atoms with Gasteiger partial charge in [-0.3, -0.25) is 0 Å². The van der Waals surface area contributed by atoms with Crippen LogP contribution in [0.1, 0.15) is 0 Å². The first kappa shape index (κ1) is 6.21. The Bertz CT molecular complexity index is 394. The zero-order chi connectivity index (χ0) is 7.84. The highest BCUT2D eigenvalue weighted by atomic mass is 15.0. The van der Waals surface area contributed by atoms with E-state index in [1.807, 2.05) is 0 Å². The molecule has 5 heteroatoms. The van der Waals surface area contributed by atoms with E-state index < -0.39 is 0 Å². The summed E-state index contributed by atoms with van der Waals surface area (Å²) in [6, 6.07) is 0. The fourth-order valence-corrected chi connectivity index (χ4v) is 0.958. The van der Waals surface area contributed by atoms with E-state index in [4.69, 9.17) is 13.6 Å². The maximum Gasteiger partial charge on any atom is 0.179 e. The normalized spacial score (nSPS) is 10.5. The van der Waals surface area contributed by atoms with Crippen LogP contribution in [0.25, 0.3) is 5.65 Å². The van der Waals surface area contributed by atoms with Gasteiger partial charge in [-0.1, -0.05) is 0 Å². The molecule has 52 valence electrons. The first-order valence-corrected chi connectivity index (χ1v) is 3.12. The first-order valence-electron chi connectivity index (χ1n) is 3.12. The lowest BCUT2D eigenvalue weighted by Crippen LogP contribution is -2.09. The molecular weight excluding hydrogens is 139 g/mol. The smallest absolute Gasteiger partial charge is 0.179 e. The van der Waals surface area contributed by atoms with E-state index in [-0.39, 0.29) is 0 Å². The molecule has 2 aromatic heterocycles. The van der Waals surface area contributed by atoms with E-state index in [2.05, 4.69) is 9.97 Å². The second-order valence-corrected chi connectivity index (χ2v) is 2.19. The number of anilines is 1. The molecule has 4 nitrogen and oxygen atoms in total. The maximum atomic E-state index is 5.56. The Balaban J connectivity index is 2.94. The van der Waals surface area contributed by atoms with Crippen molar-refractivity contribution >= 4 is 24.9 Å². The number of hydrogen-bond donors (Lipinski definition) is 1. The monoisotopic (exact) mass is 144 g/mol. The van der Waals surface area contributed by atoms with E-state index >= 15 is 0 Å². The van der Waals surface area contributed by atoms with E-state index in [1.54, 1.807) is 23.0 Å². The standard InChI is InChI=1S/C6H5BN4/c7-4-3-10-6-5(8)9-1-2-11(4)6/h1-3H,(H2,8,9). The van der Waals surface area contributed by atoms with E-state index in [1.165, 1.54) is 0 Å². The first-order chi connectivity index (χ1) is 5.29. The third-order valence-electron chi connectivity index (χ3n) is 1.48. The molecule has 2 radical (unpaired) electrons. The van der Waals surface area contributed by atoms with Gasteiger partial charge in [0.2, 0.25) is 0 Å². The molecule has 0 bridgehead atoms. The average Bonchev–Trinajstić information content (AvgIpc) is 2.35. The summed E-state index contributed by atoms with van der Waals surface area (Å²) in [6.45, 7) is 0. The highest BCUT2D eigenvalue weighted by Gasteiger charge is 2.00. The molecule has 0 spiro atoms. The number of aromatic nitrogens is 3. The van der Waals surface area contributed by atoms with Gasteiger partial charge in [0.25, 0.3) is 0 Å². The molecule has 0 amide bonds. The second kappa shape index (κ2) is 1.98. The van der Waals surface area contributed by atoms with Gasteiger partial charge in [0.1, 0.15) is 7.85 Å². The Labute approximate surface area is 64.5 Å². The van der Waals surface area contributed by atoms with Crippen LogP contribution in [0.3, 0.4) is 0 Å². The Morgan fingerprint density at radius 3 is 3.00 bits per heavy atom. The molecule has 0 aliphatic rings. The second-order valence-electron chi connectivity index (χ2n) is 2.19. The summed E-state index contributed by atoms with van der Waals surface area (Å²) in [4.78, 5) is 7.83. The number of nitrogen functional groups attached to an aromatic ring is 1. The Morgan fingerprint density at radius 1 is 1.45 bits per heavy atom. The zero-order valence-electron chi connectivity index (χ0n) is 5.73. The van der Waals surface area contributed by atoms with Crippen molar-refractivity contribution in [2.24, 2.45) is 0 Å². The van der Waals surface area contributed by atoms with Crippen LogP contribution in [-0.2, 0) is 0 Å². The molecule has 0 fully saturated rings. The minimum absolute atomic E-state index is 0.393. The number of fused-ring (bicyclic) bond motifs is 1. The van der Waals surface area contributed by atoms with E-state index in [0.29, 0.717) is 17.1 Å². The molecule has 2 N–H and O–H groups in total. The van der Waals surface area contributed by atoms with Gasteiger partial charge in [0.05, 0.1) is 0 Å². The molecule has 0 saturated heterocycles. The predicted molar refractivity (Wildman–Crippen MR) is 42.8 cm³/mol. The van der Waals surface area contributed by atoms with Gasteiger partial charge < -0.3 is 10.1 Å². The number of hydrogen-bond acceptors (Lipinski definition) is 3. The van der Waals surface area contributed by atoms with Crippen LogP contribution in [0.2, 0.25) is 0 Å². The van der Waals surface area contributed by atoms with E-state index in [0.717, 1.165) is 0 Å². The number of imidazole rings is 1. The quantitative estimate of drug-likeness (QED) is 0.487. The van der Waals surface area contributed by atoms with Crippen LogP contribution < -0.4 is 11.3 Å². The third kappa shape index (κ3) is 0.773. The molecule has 2 rings (SSSR count). The van der Waals surface area contributed by atoms with Crippen LogP contribution in [0, 0.1) is 0 Å². The lowest BCUT2D eigenvalue weighted by atomic mass is 10.1. The predicted octanol–water partition coefficient (Wildman–Crippen LogP) is -0.895. The van der Waals surface area contributed by atoms with Gasteiger partial charge in [-0.05, 0) is 5.59 Å². The summed E-state index contributed by atoms with van der Waals surface area (Å²) in [5, 5.41) is 0. The molecule has 0 saturated carbocycles. The van der Waals surface area contributed by atoms with Crippen LogP contribution in [-0.4, -0.2) is 22.2 Å². The highest BCUT2D eigenvalue weighted by molar-refractivity contribution is 6.31. The van der Waals surface area contributed by atoms with Crippen molar-refractivity contribution in [1.82, 2.24) is 14.4 Å². The summed E-state index contributed by atoms with van der Waals surface area (Å²) in [5.41, 5.74) is 6.69. The van der Waals surface area contributed by atoms with Crippen LogP contribution >= 0.6 is 0 Å². The van der Waals surface area contributed by atoms with Crippen LogP contribution in [0.4, 0.5) is 5.82 Å². The molecule has 0 aliphatic heterocycles. The van der Waals surface area contributed by atoms with Crippen molar-refractivity contribution in [1.29, 1.82) is 0 Å². The van der Waals surface area contributed by atoms with Gasteiger partial charge >= 0.3 is 0 Å². The van der Waals surface area contributed by atoms with Crippen molar-refractivity contribution in [3.05, 3.63) is 18.6 Å². The molecule has 0 aromatic carbocycles. The van der Waals surface area contributed by atoms with Crippen LogP contribution in [0.5, 0.6) is 0 Å². The zero-order valence-corrected chi connectivity index (χ0v) is 5.73. The fraction of sp³-hybridized carbons (Fsp3) is 0. The topological polar surface area (TPSA) is 56.2 Å². The molecular formula is C6H5BN4. The fourth-order valence-electron chi connectivity index (χ4n) is 0.958. The van der Waals surface area contributed by atoms with E-state index in [9.17, 15) is 0 Å². The lowest BCUT2D eigenvalue weighted by Gasteiger charge is -1.96. The largest absolute Gasteiger partial charge is 0.381 e. The van der Waals surface area contributed by atoms with Gasteiger partial charge in [-0.2, -0.15) is 0 Å². The van der Waals surface area contributed by atoms with Crippen molar-refractivity contribution in [3.8, 4) is 0 Å². The van der Waals surface area contributed by atoms with Gasteiger partial charge in [0.15, 0.2) is 11.5 Å². The number of nitrogens with two attached hydrogens (primary N) is 1. The number of nitrogens with zero attached hydrogens (tertiary/aromatic N) is 3. The summed E-state index contributed by atoms with van der Waals surface area (Å²) < 4.78 is 1.68. The molecule has 2 heterocycles. The lowest BCUT2D eigenvalue weighted by molar-refractivity contribution is 1.16. The van der Waals surface area contributed by atoms with Gasteiger partial charge in [-0.15, -0.1) is 0 Å². The van der Waals surface area contributed by atoms with Gasteiger partial charge in [-0.25, -0.2) is 9.97 Å². The minimum atomic E-state index is 0.393. The average molecular weight is 144 g/mol. The Hall–Kier alpha value is -1.52. The molecule has 2 aromatic rings. The maximum absolute atomic E-state index is 5.56. The molecule has 0 unspecified atom stereocenters. The van der Waals surface area contributed by atoms with Crippen molar-refractivity contribution in [3.63, 3.8) is 0 Å². The number of rotatable bonds is 0. The molecule has 0 atom stereocenters. The summed E-state index contributed by atoms with van der Waals surface area (Å²) >= 11 is 0. The Kier molecular flexibility index (Phi) is 1.12. The summed E-state index contributed by atoms with van der Waals surface area (Å²) in [5.74, 6) is 0.393. The minimum Gasteiger partial charge on any atom is -0.381 e. The summed E-state index contributed by atoms with van der Waals surface area (Å²) in [7, 11) is 5.56. The van der Waals surface area contributed by atoms with Crippen molar-refractivity contribution in [2.75, 3.05) is 5.73 Å². The highest BCUT2D eigenvalue weighted by Crippen LogP contribution is 2.03. The molecule has 11 heavy (non-hydrogen) atoms. The summed E-state index contributed by atoms with van der Waals surface area (Å²) in [6.07, 6.45) is 4.85. The van der Waals surface area contributed by atoms with Gasteiger partial charge in [0, 0.05) is 18.6 Å². The Morgan fingerprint density at radius 2 is 2.27 bits per heavy atom. The van der Waals surface area contributed by atoms with Crippen molar-refractivity contribution in [2.45, 2.75) is 0 Å². The van der Waals surface area contributed by atoms with Crippen molar-refractivity contribution < 1.29 is 0 Å². The third-order valence-corrected chi connectivity index (χ3v) is 1.48.